The van der Waals surface area contributed by atoms with Crippen LogP contribution in [0, 0.1) is 0 Å². The standard InChI is InChI=1S/C9H13N3OS/c10-8-5-11-6-9(12-8)14-7-1-3-13-4-2-7/h5-7H,1-4H2,(H2,10,12). The van der Waals surface area contributed by atoms with Crippen LogP contribution in [0.5, 0.6) is 0 Å². The number of ether oxygens (including phenoxy) is 1. The maximum atomic E-state index is 5.55. The number of thioether (sulfide) groups is 1. The monoisotopic (exact) mass is 211 g/mol. The Balaban J connectivity index is 1.95. The van der Waals surface area contributed by atoms with Crippen molar-refractivity contribution in [1.29, 1.82) is 0 Å². The molecule has 1 fully saturated rings. The first-order valence-corrected chi connectivity index (χ1v) is 5.54. The molecule has 4 nitrogen and oxygen atoms in total. The molecule has 0 aliphatic carbocycles. The van der Waals surface area contributed by atoms with Gasteiger partial charge < -0.3 is 10.5 Å². The number of anilines is 1. The number of nitrogen functional groups attached to an aromatic ring is 1. The SMILES string of the molecule is Nc1cncc(SC2CCOCC2)n1. The molecule has 0 amide bonds. The minimum absolute atomic E-state index is 0.488. The maximum Gasteiger partial charge on any atom is 0.143 e. The third kappa shape index (κ3) is 2.59. The fourth-order valence-electron chi connectivity index (χ4n) is 1.38. The van der Waals surface area contributed by atoms with Crippen LogP contribution in [0.3, 0.4) is 0 Å². The molecule has 0 unspecified atom stereocenters. The second kappa shape index (κ2) is 4.61. The quantitative estimate of drug-likeness (QED) is 0.799. The van der Waals surface area contributed by atoms with Gasteiger partial charge in [-0.2, -0.15) is 0 Å². The fourth-order valence-corrected chi connectivity index (χ4v) is 2.43. The molecular weight excluding hydrogens is 198 g/mol. The molecule has 5 heteroatoms. The molecule has 0 aromatic carbocycles. The van der Waals surface area contributed by atoms with E-state index in [1.165, 1.54) is 0 Å². The number of hydrogen-bond donors (Lipinski definition) is 1. The zero-order chi connectivity index (χ0) is 9.80. The molecule has 1 aromatic heterocycles. The normalized spacial score (nSPS) is 18.3. The number of hydrogen-bond acceptors (Lipinski definition) is 5. The van der Waals surface area contributed by atoms with Crippen molar-refractivity contribution >= 4 is 17.6 Å². The molecule has 1 saturated heterocycles. The Bertz CT molecular complexity index is 302. The molecule has 0 radical (unpaired) electrons. The van der Waals surface area contributed by atoms with E-state index >= 15 is 0 Å². The van der Waals surface area contributed by atoms with E-state index in [1.54, 1.807) is 24.2 Å². The van der Waals surface area contributed by atoms with Crippen molar-refractivity contribution in [3.63, 3.8) is 0 Å². The molecule has 1 aliphatic rings. The van der Waals surface area contributed by atoms with E-state index in [0.29, 0.717) is 11.1 Å². The number of nitrogens with zero attached hydrogens (tertiary/aromatic N) is 2. The highest BCUT2D eigenvalue weighted by molar-refractivity contribution is 7.99. The predicted molar refractivity (Wildman–Crippen MR) is 56.1 cm³/mol. The molecule has 2 rings (SSSR count). The Kier molecular flexibility index (Phi) is 3.21. The van der Waals surface area contributed by atoms with Crippen LogP contribution in [-0.2, 0) is 4.74 Å². The Labute approximate surface area is 87.3 Å². The van der Waals surface area contributed by atoms with Crippen LogP contribution in [0.4, 0.5) is 5.82 Å². The van der Waals surface area contributed by atoms with Gasteiger partial charge in [0.25, 0.3) is 0 Å². The van der Waals surface area contributed by atoms with Gasteiger partial charge in [0, 0.05) is 18.5 Å². The van der Waals surface area contributed by atoms with Crippen LogP contribution < -0.4 is 5.73 Å². The van der Waals surface area contributed by atoms with Gasteiger partial charge in [0.05, 0.1) is 12.4 Å². The van der Waals surface area contributed by atoms with E-state index in [1.807, 2.05) is 0 Å². The van der Waals surface area contributed by atoms with E-state index in [2.05, 4.69) is 9.97 Å². The van der Waals surface area contributed by atoms with Gasteiger partial charge in [-0.3, -0.25) is 4.98 Å². The summed E-state index contributed by atoms with van der Waals surface area (Å²) in [6.07, 6.45) is 5.49. The lowest BCUT2D eigenvalue weighted by molar-refractivity contribution is 0.1000. The summed E-state index contributed by atoms with van der Waals surface area (Å²) < 4.78 is 5.29. The lowest BCUT2D eigenvalue weighted by Crippen LogP contribution is -2.17. The highest BCUT2D eigenvalue weighted by Crippen LogP contribution is 2.27. The van der Waals surface area contributed by atoms with E-state index in [9.17, 15) is 0 Å². The van der Waals surface area contributed by atoms with Crippen molar-refractivity contribution in [1.82, 2.24) is 9.97 Å². The topological polar surface area (TPSA) is 61.0 Å². The summed E-state index contributed by atoms with van der Waals surface area (Å²) in [5.74, 6) is 0.488. The summed E-state index contributed by atoms with van der Waals surface area (Å²) in [4.78, 5) is 8.21. The minimum atomic E-state index is 0.488. The van der Waals surface area contributed by atoms with E-state index in [-0.39, 0.29) is 0 Å². The average Bonchev–Trinajstić information content (AvgIpc) is 2.19. The zero-order valence-corrected chi connectivity index (χ0v) is 8.67. The average molecular weight is 211 g/mol. The zero-order valence-electron chi connectivity index (χ0n) is 7.85. The van der Waals surface area contributed by atoms with Crippen LogP contribution in [-0.4, -0.2) is 28.4 Å². The van der Waals surface area contributed by atoms with Crippen LogP contribution in [0.2, 0.25) is 0 Å². The highest BCUT2D eigenvalue weighted by Gasteiger charge is 2.15. The summed E-state index contributed by atoms with van der Waals surface area (Å²) >= 11 is 1.75. The Morgan fingerprint density at radius 3 is 2.86 bits per heavy atom. The van der Waals surface area contributed by atoms with Crippen molar-refractivity contribution in [2.24, 2.45) is 0 Å². The number of rotatable bonds is 2. The van der Waals surface area contributed by atoms with E-state index in [0.717, 1.165) is 31.1 Å². The molecule has 1 aliphatic heterocycles. The van der Waals surface area contributed by atoms with Crippen LogP contribution in [0.1, 0.15) is 12.8 Å². The molecule has 2 N–H and O–H groups in total. The molecule has 0 spiro atoms. The van der Waals surface area contributed by atoms with Crippen LogP contribution in [0.25, 0.3) is 0 Å². The van der Waals surface area contributed by atoms with Crippen LogP contribution in [0.15, 0.2) is 17.4 Å². The third-order valence-electron chi connectivity index (χ3n) is 2.09. The first-order chi connectivity index (χ1) is 6.84. The fraction of sp³-hybridized carbons (Fsp3) is 0.556. The van der Waals surface area contributed by atoms with Gasteiger partial charge in [0.2, 0.25) is 0 Å². The first-order valence-electron chi connectivity index (χ1n) is 4.66. The molecule has 14 heavy (non-hydrogen) atoms. The van der Waals surface area contributed by atoms with Gasteiger partial charge in [0.15, 0.2) is 0 Å². The Morgan fingerprint density at radius 2 is 2.14 bits per heavy atom. The largest absolute Gasteiger partial charge is 0.382 e. The molecule has 0 saturated carbocycles. The lowest BCUT2D eigenvalue weighted by Gasteiger charge is -2.20. The van der Waals surface area contributed by atoms with Crippen molar-refractivity contribution in [3.05, 3.63) is 12.4 Å². The molecule has 1 aromatic rings. The molecule has 2 heterocycles. The molecule has 0 bridgehead atoms. The maximum absolute atomic E-state index is 5.55. The minimum Gasteiger partial charge on any atom is -0.382 e. The van der Waals surface area contributed by atoms with Crippen molar-refractivity contribution in [2.45, 2.75) is 23.1 Å². The number of nitrogens with two attached hydrogens (primary N) is 1. The summed E-state index contributed by atoms with van der Waals surface area (Å²) in [5.41, 5.74) is 5.55. The lowest BCUT2D eigenvalue weighted by atomic mass is 10.2. The van der Waals surface area contributed by atoms with Gasteiger partial charge in [-0.15, -0.1) is 11.8 Å². The van der Waals surface area contributed by atoms with Crippen molar-refractivity contribution < 1.29 is 4.74 Å². The Hall–Kier alpha value is -0.810. The van der Waals surface area contributed by atoms with E-state index < -0.39 is 0 Å². The summed E-state index contributed by atoms with van der Waals surface area (Å²) in [5, 5.41) is 1.51. The third-order valence-corrected chi connectivity index (χ3v) is 3.33. The molecular formula is C9H13N3OS. The van der Waals surface area contributed by atoms with Gasteiger partial charge in [-0.25, -0.2) is 4.98 Å². The van der Waals surface area contributed by atoms with Gasteiger partial charge in [-0.1, -0.05) is 0 Å². The molecule has 0 atom stereocenters. The molecule has 76 valence electrons. The van der Waals surface area contributed by atoms with Gasteiger partial charge in [0.1, 0.15) is 10.8 Å². The smallest absolute Gasteiger partial charge is 0.143 e. The van der Waals surface area contributed by atoms with Crippen molar-refractivity contribution in [2.75, 3.05) is 18.9 Å². The predicted octanol–water partition coefficient (Wildman–Crippen LogP) is 1.33. The first kappa shape index (κ1) is 9.73. The van der Waals surface area contributed by atoms with Gasteiger partial charge >= 0.3 is 0 Å². The Morgan fingerprint density at radius 1 is 1.36 bits per heavy atom. The van der Waals surface area contributed by atoms with E-state index in [4.69, 9.17) is 10.5 Å². The second-order valence-corrected chi connectivity index (χ2v) is 4.53. The summed E-state index contributed by atoms with van der Waals surface area (Å²) in [6.45, 7) is 1.71. The van der Waals surface area contributed by atoms with Crippen LogP contribution >= 0.6 is 11.8 Å². The van der Waals surface area contributed by atoms with Gasteiger partial charge in [-0.05, 0) is 12.8 Å². The summed E-state index contributed by atoms with van der Waals surface area (Å²) in [6, 6.07) is 0. The van der Waals surface area contributed by atoms with Crippen molar-refractivity contribution in [3.8, 4) is 0 Å². The number of aromatic nitrogens is 2. The highest BCUT2D eigenvalue weighted by atomic mass is 32.2. The summed E-state index contributed by atoms with van der Waals surface area (Å²) in [7, 11) is 0. The second-order valence-electron chi connectivity index (χ2n) is 3.21.